The number of carbonyl (C=O) groups is 1. The van der Waals surface area contributed by atoms with Crippen LogP contribution in [0, 0.1) is 6.92 Å². The standard InChI is InChI=1S/C13H17F3N2O/c1-9-5-6-10(8-11(9)13(14,15)16)18-12(19)4-3-7-17-2/h5-6,8,17H,3-4,7H2,1-2H3,(H,18,19). The van der Waals surface area contributed by atoms with E-state index in [-0.39, 0.29) is 23.6 Å². The SMILES string of the molecule is CNCCCC(=O)Nc1ccc(C)c(C(F)(F)F)c1. The molecule has 0 saturated heterocycles. The second-order valence-corrected chi connectivity index (χ2v) is 4.28. The van der Waals surface area contributed by atoms with Gasteiger partial charge < -0.3 is 10.6 Å². The Kier molecular flexibility index (Phi) is 5.35. The number of halogens is 3. The van der Waals surface area contributed by atoms with E-state index in [0.717, 1.165) is 6.07 Å². The molecule has 0 fully saturated rings. The molecule has 0 saturated carbocycles. The molecule has 0 heterocycles. The fraction of sp³-hybridized carbons (Fsp3) is 0.462. The van der Waals surface area contributed by atoms with Gasteiger partial charge in [0, 0.05) is 12.1 Å². The minimum absolute atomic E-state index is 0.140. The summed E-state index contributed by atoms with van der Waals surface area (Å²) in [6.07, 6.45) is -3.49. The van der Waals surface area contributed by atoms with Crippen LogP contribution in [0.5, 0.6) is 0 Å². The average Bonchev–Trinajstić information content (AvgIpc) is 2.30. The van der Waals surface area contributed by atoms with Crippen LogP contribution in [0.1, 0.15) is 24.0 Å². The predicted molar refractivity (Wildman–Crippen MR) is 68.0 cm³/mol. The maximum Gasteiger partial charge on any atom is 0.416 e. The van der Waals surface area contributed by atoms with Gasteiger partial charge in [-0.3, -0.25) is 4.79 Å². The van der Waals surface area contributed by atoms with Crippen molar-refractivity contribution in [3.05, 3.63) is 29.3 Å². The van der Waals surface area contributed by atoms with Gasteiger partial charge in [0.15, 0.2) is 0 Å². The smallest absolute Gasteiger partial charge is 0.326 e. The van der Waals surface area contributed by atoms with Crippen LogP contribution in [-0.2, 0) is 11.0 Å². The monoisotopic (exact) mass is 274 g/mol. The van der Waals surface area contributed by atoms with Crippen molar-refractivity contribution in [2.24, 2.45) is 0 Å². The van der Waals surface area contributed by atoms with Crippen molar-refractivity contribution < 1.29 is 18.0 Å². The van der Waals surface area contributed by atoms with Gasteiger partial charge in [0.05, 0.1) is 5.56 Å². The molecule has 0 bridgehead atoms. The molecule has 0 aliphatic carbocycles. The van der Waals surface area contributed by atoms with Crippen molar-refractivity contribution in [2.45, 2.75) is 25.9 Å². The number of amides is 1. The number of carbonyl (C=O) groups excluding carboxylic acids is 1. The van der Waals surface area contributed by atoms with Gasteiger partial charge in [0.2, 0.25) is 5.91 Å². The zero-order valence-corrected chi connectivity index (χ0v) is 10.9. The molecule has 106 valence electrons. The minimum Gasteiger partial charge on any atom is -0.326 e. The number of alkyl halides is 3. The molecule has 2 N–H and O–H groups in total. The molecule has 19 heavy (non-hydrogen) atoms. The first kappa shape index (κ1) is 15.5. The number of anilines is 1. The molecular weight excluding hydrogens is 257 g/mol. The van der Waals surface area contributed by atoms with Crippen LogP contribution < -0.4 is 10.6 Å². The Morgan fingerprint density at radius 2 is 2.00 bits per heavy atom. The van der Waals surface area contributed by atoms with Crippen molar-refractivity contribution in [3.8, 4) is 0 Å². The van der Waals surface area contributed by atoms with Crippen LogP contribution in [0.3, 0.4) is 0 Å². The summed E-state index contributed by atoms with van der Waals surface area (Å²) in [7, 11) is 1.77. The second kappa shape index (κ2) is 6.56. The summed E-state index contributed by atoms with van der Waals surface area (Å²) in [5.41, 5.74) is -0.409. The van der Waals surface area contributed by atoms with Crippen LogP contribution in [0.2, 0.25) is 0 Å². The molecule has 0 aliphatic rings. The van der Waals surface area contributed by atoms with Crippen LogP contribution in [0.15, 0.2) is 18.2 Å². The Balaban J connectivity index is 2.72. The highest BCUT2D eigenvalue weighted by atomic mass is 19.4. The van der Waals surface area contributed by atoms with Gasteiger partial charge in [0.1, 0.15) is 0 Å². The lowest BCUT2D eigenvalue weighted by atomic mass is 10.1. The molecule has 1 rings (SSSR count). The first-order chi connectivity index (χ1) is 8.84. The predicted octanol–water partition coefficient (Wildman–Crippen LogP) is 2.95. The van der Waals surface area contributed by atoms with E-state index in [4.69, 9.17) is 0 Å². The molecule has 1 aromatic rings. The average molecular weight is 274 g/mol. The summed E-state index contributed by atoms with van der Waals surface area (Å²) in [6.45, 7) is 2.08. The zero-order valence-electron chi connectivity index (χ0n) is 10.9. The Labute approximate surface area is 110 Å². The summed E-state index contributed by atoms with van der Waals surface area (Å²) in [6, 6.07) is 3.79. The molecule has 1 amide bonds. The Hall–Kier alpha value is -1.56. The first-order valence-electron chi connectivity index (χ1n) is 5.97. The Morgan fingerprint density at radius 1 is 1.32 bits per heavy atom. The van der Waals surface area contributed by atoms with Gasteiger partial charge in [-0.15, -0.1) is 0 Å². The number of benzene rings is 1. The van der Waals surface area contributed by atoms with Crippen LogP contribution in [0.25, 0.3) is 0 Å². The van der Waals surface area contributed by atoms with E-state index in [0.29, 0.717) is 13.0 Å². The number of aryl methyl sites for hydroxylation is 1. The molecule has 0 unspecified atom stereocenters. The van der Waals surface area contributed by atoms with Gasteiger partial charge in [-0.1, -0.05) is 6.07 Å². The van der Waals surface area contributed by atoms with Gasteiger partial charge in [-0.05, 0) is 44.6 Å². The van der Waals surface area contributed by atoms with E-state index in [2.05, 4.69) is 10.6 Å². The molecule has 0 spiro atoms. The van der Waals surface area contributed by atoms with E-state index in [1.807, 2.05) is 0 Å². The van der Waals surface area contributed by atoms with E-state index >= 15 is 0 Å². The maximum absolute atomic E-state index is 12.7. The lowest BCUT2D eigenvalue weighted by Crippen LogP contribution is -2.16. The third-order valence-corrected chi connectivity index (χ3v) is 2.66. The Bertz CT molecular complexity index is 444. The van der Waals surface area contributed by atoms with Crippen LogP contribution >= 0.6 is 0 Å². The van der Waals surface area contributed by atoms with Crippen LogP contribution in [-0.4, -0.2) is 19.5 Å². The van der Waals surface area contributed by atoms with Gasteiger partial charge in [0.25, 0.3) is 0 Å². The largest absolute Gasteiger partial charge is 0.416 e. The third kappa shape index (κ3) is 4.90. The van der Waals surface area contributed by atoms with E-state index in [1.165, 1.54) is 19.1 Å². The van der Waals surface area contributed by atoms with Crippen molar-refractivity contribution in [2.75, 3.05) is 18.9 Å². The van der Waals surface area contributed by atoms with Crippen molar-refractivity contribution in [3.63, 3.8) is 0 Å². The lowest BCUT2D eigenvalue weighted by Gasteiger charge is -2.12. The summed E-state index contributed by atoms with van der Waals surface area (Å²) in [5.74, 6) is -0.285. The van der Waals surface area contributed by atoms with E-state index in [1.54, 1.807) is 7.05 Å². The van der Waals surface area contributed by atoms with Crippen molar-refractivity contribution in [1.29, 1.82) is 0 Å². The minimum atomic E-state index is -4.41. The summed E-state index contributed by atoms with van der Waals surface area (Å²) in [4.78, 5) is 11.5. The van der Waals surface area contributed by atoms with Gasteiger partial charge in [-0.2, -0.15) is 13.2 Å². The summed E-state index contributed by atoms with van der Waals surface area (Å²) in [5, 5.41) is 5.37. The van der Waals surface area contributed by atoms with Gasteiger partial charge in [-0.25, -0.2) is 0 Å². The molecular formula is C13H17F3N2O. The molecule has 0 aliphatic heterocycles. The highest BCUT2D eigenvalue weighted by Gasteiger charge is 2.32. The molecule has 3 nitrogen and oxygen atoms in total. The molecule has 0 radical (unpaired) electrons. The normalized spacial score (nSPS) is 11.4. The zero-order chi connectivity index (χ0) is 14.5. The fourth-order valence-electron chi connectivity index (χ4n) is 1.65. The molecule has 1 aromatic carbocycles. The van der Waals surface area contributed by atoms with Gasteiger partial charge >= 0.3 is 6.18 Å². The molecule has 0 aromatic heterocycles. The number of hydrogen-bond acceptors (Lipinski definition) is 2. The maximum atomic E-state index is 12.7. The topological polar surface area (TPSA) is 41.1 Å². The lowest BCUT2D eigenvalue weighted by molar-refractivity contribution is -0.138. The van der Waals surface area contributed by atoms with Crippen molar-refractivity contribution >= 4 is 11.6 Å². The highest BCUT2D eigenvalue weighted by molar-refractivity contribution is 5.90. The third-order valence-electron chi connectivity index (χ3n) is 2.66. The number of rotatable bonds is 5. The van der Waals surface area contributed by atoms with Crippen molar-refractivity contribution in [1.82, 2.24) is 5.32 Å². The van der Waals surface area contributed by atoms with E-state index < -0.39 is 11.7 Å². The highest BCUT2D eigenvalue weighted by Crippen LogP contribution is 2.33. The summed E-state index contributed by atoms with van der Waals surface area (Å²) < 4.78 is 38.1. The summed E-state index contributed by atoms with van der Waals surface area (Å²) >= 11 is 0. The number of hydrogen-bond donors (Lipinski definition) is 2. The fourth-order valence-corrected chi connectivity index (χ4v) is 1.65. The van der Waals surface area contributed by atoms with E-state index in [9.17, 15) is 18.0 Å². The second-order valence-electron chi connectivity index (χ2n) is 4.28. The molecule has 0 atom stereocenters. The quantitative estimate of drug-likeness (QED) is 0.810. The Morgan fingerprint density at radius 3 is 2.58 bits per heavy atom. The number of nitrogens with one attached hydrogen (secondary N) is 2. The molecule has 6 heteroatoms. The van der Waals surface area contributed by atoms with Crippen LogP contribution in [0.4, 0.5) is 18.9 Å². The first-order valence-corrected chi connectivity index (χ1v) is 5.97.